The topological polar surface area (TPSA) is 53.7 Å². The molecule has 6 heteroatoms. The number of para-hydroxylation sites is 5. The Hall–Kier alpha value is -7.70. The first-order valence-corrected chi connectivity index (χ1v) is 18.8. The minimum absolute atomic E-state index is 0.777. The summed E-state index contributed by atoms with van der Waals surface area (Å²) < 4.78 is 13.3. The molecule has 0 fully saturated rings. The Morgan fingerprint density at radius 3 is 1.73 bits per heavy atom. The van der Waals surface area contributed by atoms with Crippen LogP contribution in [-0.2, 0) is 0 Å². The molecule has 0 unspecified atom stereocenters. The molecule has 0 radical (unpaired) electrons. The standard InChI is InChI=1S/C50H31N5O/c1-3-15-32(16-4-1)49-51-52-50(55(49)33-17-5-2-6-18-33)40-25-14-24-39-36-21-7-11-27-44(36)54(48(39)40)35-20-13-19-34(29-35)53-43-26-10-8-22-37(43)41-31-47-42(30-45(41)53)38-23-9-12-28-46(38)56-47/h1-31H. The van der Waals surface area contributed by atoms with E-state index < -0.39 is 0 Å². The second-order valence-electron chi connectivity index (χ2n) is 14.3. The van der Waals surface area contributed by atoms with Crippen LogP contribution >= 0.6 is 0 Å². The normalized spacial score (nSPS) is 11.9. The van der Waals surface area contributed by atoms with Gasteiger partial charge < -0.3 is 13.6 Å². The van der Waals surface area contributed by atoms with Crippen LogP contribution < -0.4 is 0 Å². The lowest BCUT2D eigenvalue weighted by molar-refractivity contribution is 0.669. The fourth-order valence-electron chi connectivity index (χ4n) is 8.76. The summed E-state index contributed by atoms with van der Waals surface area (Å²) in [6.45, 7) is 0. The number of hydrogen-bond donors (Lipinski definition) is 0. The van der Waals surface area contributed by atoms with E-state index in [1.807, 2.05) is 36.4 Å². The molecule has 6 nitrogen and oxygen atoms in total. The summed E-state index contributed by atoms with van der Waals surface area (Å²) >= 11 is 0. The molecule has 0 spiro atoms. The Kier molecular flexibility index (Phi) is 6.53. The van der Waals surface area contributed by atoms with Gasteiger partial charge in [0.2, 0.25) is 0 Å². The van der Waals surface area contributed by atoms with E-state index >= 15 is 0 Å². The van der Waals surface area contributed by atoms with Crippen LogP contribution in [0.3, 0.4) is 0 Å². The SMILES string of the molecule is c1ccc(-c2nnc(-c3cccc4c5ccccc5n(-c5cccc(-n6c7ccccc7c7cc8oc9ccccc9c8cc76)c5)c34)n2-c2ccccc2)cc1. The van der Waals surface area contributed by atoms with Crippen LogP contribution in [0, 0.1) is 0 Å². The lowest BCUT2D eigenvalue weighted by Crippen LogP contribution is -2.02. The predicted molar refractivity (Wildman–Crippen MR) is 228 cm³/mol. The van der Waals surface area contributed by atoms with Gasteiger partial charge in [-0.25, -0.2) is 0 Å². The van der Waals surface area contributed by atoms with Crippen molar-refractivity contribution >= 4 is 65.6 Å². The van der Waals surface area contributed by atoms with Gasteiger partial charge in [0.15, 0.2) is 11.6 Å². The third-order valence-electron chi connectivity index (χ3n) is 11.2. The zero-order chi connectivity index (χ0) is 36.7. The highest BCUT2D eigenvalue weighted by Gasteiger charge is 2.23. The van der Waals surface area contributed by atoms with Gasteiger partial charge >= 0.3 is 0 Å². The van der Waals surface area contributed by atoms with Gasteiger partial charge in [0.1, 0.15) is 11.2 Å². The molecule has 0 saturated carbocycles. The first kappa shape index (κ1) is 30.7. The second kappa shape index (κ2) is 11.9. The smallest absolute Gasteiger partial charge is 0.171 e. The number of hydrogen-bond acceptors (Lipinski definition) is 3. The Labute approximate surface area is 320 Å². The maximum absolute atomic E-state index is 6.36. The number of fused-ring (bicyclic) bond motifs is 9. The van der Waals surface area contributed by atoms with E-state index in [0.29, 0.717) is 0 Å². The number of benzene rings is 8. The second-order valence-corrected chi connectivity index (χ2v) is 14.3. The Balaban J connectivity index is 1.13. The van der Waals surface area contributed by atoms with Crippen LogP contribution in [0.25, 0.3) is 105 Å². The zero-order valence-corrected chi connectivity index (χ0v) is 30.0. The van der Waals surface area contributed by atoms with Gasteiger partial charge in [-0.3, -0.25) is 4.57 Å². The molecule has 0 amide bonds. The molecule has 56 heavy (non-hydrogen) atoms. The molecule has 0 bridgehead atoms. The van der Waals surface area contributed by atoms with Crippen molar-refractivity contribution in [2.45, 2.75) is 0 Å². The summed E-state index contributed by atoms with van der Waals surface area (Å²) in [5, 5.41) is 16.7. The Morgan fingerprint density at radius 1 is 0.339 bits per heavy atom. The van der Waals surface area contributed by atoms with E-state index in [0.717, 1.165) is 94.6 Å². The molecule has 0 aliphatic carbocycles. The van der Waals surface area contributed by atoms with Crippen LogP contribution in [-0.4, -0.2) is 23.9 Å². The summed E-state index contributed by atoms with van der Waals surface area (Å²) in [7, 11) is 0. The van der Waals surface area contributed by atoms with Crippen LogP contribution in [0.2, 0.25) is 0 Å². The first-order valence-electron chi connectivity index (χ1n) is 18.8. The first-order chi connectivity index (χ1) is 27.8. The lowest BCUT2D eigenvalue weighted by Gasteiger charge is -2.15. The van der Waals surface area contributed by atoms with Crippen molar-refractivity contribution in [2.75, 3.05) is 0 Å². The van der Waals surface area contributed by atoms with Crippen LogP contribution in [0.5, 0.6) is 0 Å². The molecule has 262 valence electrons. The molecule has 0 atom stereocenters. The van der Waals surface area contributed by atoms with E-state index in [4.69, 9.17) is 14.6 Å². The quantitative estimate of drug-likeness (QED) is 0.178. The van der Waals surface area contributed by atoms with Gasteiger partial charge in [-0.2, -0.15) is 0 Å². The third kappa shape index (κ3) is 4.44. The minimum Gasteiger partial charge on any atom is -0.456 e. The van der Waals surface area contributed by atoms with Crippen molar-refractivity contribution in [3.63, 3.8) is 0 Å². The van der Waals surface area contributed by atoms with E-state index in [1.165, 1.54) is 10.8 Å². The Bertz CT molecular complexity index is 3480. The Morgan fingerprint density at radius 2 is 0.929 bits per heavy atom. The van der Waals surface area contributed by atoms with Crippen molar-refractivity contribution in [2.24, 2.45) is 0 Å². The van der Waals surface area contributed by atoms with Gasteiger partial charge in [-0.1, -0.05) is 121 Å². The predicted octanol–water partition coefficient (Wildman–Crippen LogP) is 12.7. The molecule has 0 N–H and O–H groups in total. The number of furan rings is 1. The maximum atomic E-state index is 6.36. The molecular weight excluding hydrogens is 687 g/mol. The molecular formula is C50H31N5O. The summed E-state index contributed by atoms with van der Waals surface area (Å²) in [4.78, 5) is 0. The molecule has 4 heterocycles. The molecule has 4 aromatic heterocycles. The van der Waals surface area contributed by atoms with Gasteiger partial charge in [0.25, 0.3) is 0 Å². The molecule has 12 aromatic rings. The van der Waals surface area contributed by atoms with Crippen molar-refractivity contribution < 1.29 is 4.42 Å². The summed E-state index contributed by atoms with van der Waals surface area (Å²) in [5.74, 6) is 1.57. The van der Waals surface area contributed by atoms with Crippen LogP contribution in [0.4, 0.5) is 0 Å². The van der Waals surface area contributed by atoms with Crippen molar-refractivity contribution in [1.82, 2.24) is 23.9 Å². The van der Waals surface area contributed by atoms with Gasteiger partial charge in [0.05, 0.1) is 22.1 Å². The number of nitrogens with zero attached hydrogens (tertiary/aromatic N) is 5. The van der Waals surface area contributed by atoms with E-state index in [1.54, 1.807) is 0 Å². The molecule has 12 rings (SSSR count). The molecule has 0 saturated heterocycles. The van der Waals surface area contributed by atoms with Crippen molar-refractivity contribution in [1.29, 1.82) is 0 Å². The van der Waals surface area contributed by atoms with Crippen LogP contribution in [0.15, 0.2) is 192 Å². The largest absolute Gasteiger partial charge is 0.456 e. The van der Waals surface area contributed by atoms with E-state index in [9.17, 15) is 0 Å². The molecule has 0 aliphatic rings. The highest BCUT2D eigenvalue weighted by Crippen LogP contribution is 2.41. The van der Waals surface area contributed by atoms with E-state index in [2.05, 4.69) is 165 Å². The lowest BCUT2D eigenvalue weighted by atomic mass is 10.1. The van der Waals surface area contributed by atoms with Crippen LogP contribution in [0.1, 0.15) is 0 Å². The minimum atomic E-state index is 0.777. The molecule has 8 aromatic carbocycles. The van der Waals surface area contributed by atoms with Gasteiger partial charge in [0, 0.05) is 60.5 Å². The summed E-state index contributed by atoms with van der Waals surface area (Å²) in [5.41, 5.74) is 11.4. The molecule has 0 aliphatic heterocycles. The average Bonchev–Trinajstić information content (AvgIpc) is 4.03. The highest BCUT2D eigenvalue weighted by atomic mass is 16.3. The fraction of sp³-hybridized carbons (Fsp3) is 0. The monoisotopic (exact) mass is 717 g/mol. The van der Waals surface area contributed by atoms with Gasteiger partial charge in [-0.15, -0.1) is 10.2 Å². The number of aromatic nitrogens is 5. The average molecular weight is 718 g/mol. The van der Waals surface area contributed by atoms with Crippen molar-refractivity contribution in [3.05, 3.63) is 188 Å². The fourth-order valence-corrected chi connectivity index (χ4v) is 8.76. The third-order valence-corrected chi connectivity index (χ3v) is 11.2. The summed E-state index contributed by atoms with van der Waals surface area (Å²) in [6, 6.07) is 66.2. The highest BCUT2D eigenvalue weighted by molar-refractivity contribution is 6.17. The zero-order valence-electron chi connectivity index (χ0n) is 30.0. The maximum Gasteiger partial charge on any atom is 0.171 e. The number of rotatable bonds is 5. The van der Waals surface area contributed by atoms with Crippen molar-refractivity contribution in [3.8, 4) is 39.8 Å². The van der Waals surface area contributed by atoms with E-state index in [-0.39, 0.29) is 0 Å². The summed E-state index contributed by atoms with van der Waals surface area (Å²) in [6.07, 6.45) is 0. The van der Waals surface area contributed by atoms with Gasteiger partial charge in [-0.05, 0) is 66.7 Å².